The van der Waals surface area contributed by atoms with E-state index < -0.39 is 0 Å². The van der Waals surface area contributed by atoms with E-state index in [2.05, 4.69) is 4.90 Å². The molecule has 0 radical (unpaired) electrons. The Kier molecular flexibility index (Phi) is 4.86. The molecule has 1 aliphatic heterocycles. The Labute approximate surface area is 169 Å². The molecule has 0 amide bonds. The number of esters is 1. The van der Waals surface area contributed by atoms with Crippen molar-refractivity contribution in [1.82, 2.24) is 19.4 Å². The van der Waals surface area contributed by atoms with Crippen LogP contribution in [0.2, 0.25) is 0 Å². The summed E-state index contributed by atoms with van der Waals surface area (Å²) < 4.78 is 7.48. The van der Waals surface area contributed by atoms with Gasteiger partial charge in [0.2, 0.25) is 0 Å². The van der Waals surface area contributed by atoms with Crippen LogP contribution in [0, 0.1) is 0 Å². The summed E-state index contributed by atoms with van der Waals surface area (Å²) in [7, 11) is 0. The number of benzene rings is 2. The molecule has 1 fully saturated rings. The van der Waals surface area contributed by atoms with E-state index in [-0.39, 0.29) is 12.5 Å². The summed E-state index contributed by atoms with van der Waals surface area (Å²) in [6.07, 6.45) is 3.78. The highest BCUT2D eigenvalue weighted by Gasteiger charge is 2.17. The maximum Gasteiger partial charge on any atom is 0.326 e. The first-order chi connectivity index (χ1) is 14.3. The standard InChI is InChI=1S/C23H24N4O2/c28-21(29-15-14-26-12-6-1-7-13-26)16-27-20-11-5-2-8-17(20)22-23(27)25-19-10-4-3-9-18(19)24-22/h2-5,8-11H,1,6-7,12-16H2. The fraction of sp³-hybridized carbons (Fsp3) is 0.348. The summed E-state index contributed by atoms with van der Waals surface area (Å²) in [5.41, 5.74) is 4.17. The second-order valence-corrected chi connectivity index (χ2v) is 7.61. The van der Waals surface area contributed by atoms with Crippen LogP contribution in [0.1, 0.15) is 19.3 Å². The molecule has 6 heteroatoms. The number of hydrogen-bond donors (Lipinski definition) is 0. The van der Waals surface area contributed by atoms with Crippen molar-refractivity contribution in [3.05, 3.63) is 48.5 Å². The van der Waals surface area contributed by atoms with Gasteiger partial charge in [-0.1, -0.05) is 36.8 Å². The van der Waals surface area contributed by atoms with Crippen molar-refractivity contribution in [3.63, 3.8) is 0 Å². The Morgan fingerprint density at radius 1 is 0.931 bits per heavy atom. The van der Waals surface area contributed by atoms with Crippen molar-refractivity contribution in [3.8, 4) is 0 Å². The van der Waals surface area contributed by atoms with Crippen molar-refractivity contribution in [2.75, 3.05) is 26.2 Å². The third-order valence-corrected chi connectivity index (χ3v) is 5.66. The van der Waals surface area contributed by atoms with E-state index in [1.54, 1.807) is 0 Å². The van der Waals surface area contributed by atoms with Crippen LogP contribution in [-0.4, -0.2) is 51.6 Å². The second kappa shape index (κ2) is 7.79. The number of carbonyl (C=O) groups is 1. The van der Waals surface area contributed by atoms with Gasteiger partial charge >= 0.3 is 5.97 Å². The molecule has 2 aromatic carbocycles. The van der Waals surface area contributed by atoms with Crippen molar-refractivity contribution in [2.24, 2.45) is 0 Å². The third kappa shape index (κ3) is 3.56. The number of fused-ring (bicyclic) bond motifs is 4. The maximum atomic E-state index is 12.6. The number of nitrogens with zero attached hydrogens (tertiary/aromatic N) is 4. The molecule has 0 saturated carbocycles. The Balaban J connectivity index is 1.42. The van der Waals surface area contributed by atoms with Crippen LogP contribution in [-0.2, 0) is 16.1 Å². The summed E-state index contributed by atoms with van der Waals surface area (Å²) in [6, 6.07) is 15.8. The van der Waals surface area contributed by atoms with Crippen LogP contribution in [0.25, 0.3) is 33.1 Å². The van der Waals surface area contributed by atoms with Gasteiger partial charge in [-0.2, -0.15) is 0 Å². The molecule has 3 heterocycles. The van der Waals surface area contributed by atoms with Gasteiger partial charge in [-0.05, 0) is 44.1 Å². The molecule has 4 aromatic rings. The molecule has 148 valence electrons. The first kappa shape index (κ1) is 18.1. The molecule has 5 rings (SSSR count). The minimum atomic E-state index is -0.236. The van der Waals surface area contributed by atoms with Crippen molar-refractivity contribution >= 4 is 39.1 Å². The van der Waals surface area contributed by atoms with Crippen molar-refractivity contribution in [1.29, 1.82) is 0 Å². The van der Waals surface area contributed by atoms with Crippen LogP contribution in [0.15, 0.2) is 48.5 Å². The van der Waals surface area contributed by atoms with Gasteiger partial charge < -0.3 is 9.30 Å². The average Bonchev–Trinajstić information content (AvgIpc) is 3.06. The number of carbonyl (C=O) groups excluding carboxylic acids is 1. The topological polar surface area (TPSA) is 60.3 Å². The lowest BCUT2D eigenvalue weighted by Gasteiger charge is -2.25. The normalized spacial score (nSPS) is 15.3. The second-order valence-electron chi connectivity index (χ2n) is 7.61. The number of ether oxygens (including phenoxy) is 1. The van der Waals surface area contributed by atoms with Gasteiger partial charge in [0.1, 0.15) is 18.7 Å². The molecule has 1 aliphatic rings. The van der Waals surface area contributed by atoms with Crippen LogP contribution < -0.4 is 0 Å². The lowest BCUT2D eigenvalue weighted by Crippen LogP contribution is -2.33. The van der Waals surface area contributed by atoms with E-state index in [0.29, 0.717) is 6.61 Å². The van der Waals surface area contributed by atoms with Crippen LogP contribution in [0.4, 0.5) is 0 Å². The van der Waals surface area contributed by atoms with Gasteiger partial charge in [-0.25, -0.2) is 9.97 Å². The number of rotatable bonds is 5. The van der Waals surface area contributed by atoms with Gasteiger partial charge in [-0.15, -0.1) is 0 Å². The summed E-state index contributed by atoms with van der Waals surface area (Å²) in [6.45, 7) is 3.59. The highest BCUT2D eigenvalue weighted by atomic mass is 16.5. The third-order valence-electron chi connectivity index (χ3n) is 5.66. The molecule has 0 atom stereocenters. The number of para-hydroxylation sites is 3. The molecule has 2 aromatic heterocycles. The summed E-state index contributed by atoms with van der Waals surface area (Å²) >= 11 is 0. The Morgan fingerprint density at radius 3 is 2.48 bits per heavy atom. The van der Waals surface area contributed by atoms with Gasteiger partial charge in [0, 0.05) is 11.9 Å². The number of piperidine rings is 1. The molecule has 0 bridgehead atoms. The maximum absolute atomic E-state index is 12.6. The minimum Gasteiger partial charge on any atom is -0.463 e. The zero-order valence-electron chi connectivity index (χ0n) is 16.4. The van der Waals surface area contributed by atoms with Crippen molar-refractivity contribution < 1.29 is 9.53 Å². The molecule has 0 N–H and O–H groups in total. The monoisotopic (exact) mass is 388 g/mol. The average molecular weight is 388 g/mol. The fourth-order valence-electron chi connectivity index (χ4n) is 4.19. The predicted octanol–water partition coefficient (Wildman–Crippen LogP) is 3.77. The van der Waals surface area contributed by atoms with Crippen LogP contribution >= 0.6 is 0 Å². The highest BCUT2D eigenvalue weighted by molar-refractivity contribution is 6.06. The number of likely N-dealkylation sites (tertiary alicyclic amines) is 1. The van der Waals surface area contributed by atoms with Gasteiger partial charge in [0.15, 0.2) is 5.65 Å². The summed E-state index contributed by atoms with van der Waals surface area (Å²) in [5, 5.41) is 1.00. The Bertz CT molecular complexity index is 1180. The smallest absolute Gasteiger partial charge is 0.326 e. The highest BCUT2D eigenvalue weighted by Crippen LogP contribution is 2.28. The van der Waals surface area contributed by atoms with Crippen LogP contribution in [0.5, 0.6) is 0 Å². The van der Waals surface area contributed by atoms with E-state index in [0.717, 1.165) is 52.7 Å². The lowest BCUT2D eigenvalue weighted by atomic mass is 10.1. The molecule has 0 unspecified atom stereocenters. The number of hydrogen-bond acceptors (Lipinski definition) is 5. The molecule has 6 nitrogen and oxygen atoms in total. The lowest BCUT2D eigenvalue weighted by molar-refractivity contribution is -0.144. The Morgan fingerprint density at radius 2 is 1.66 bits per heavy atom. The van der Waals surface area contributed by atoms with Crippen molar-refractivity contribution in [2.45, 2.75) is 25.8 Å². The van der Waals surface area contributed by atoms with E-state index >= 15 is 0 Å². The van der Waals surface area contributed by atoms with E-state index in [1.165, 1.54) is 19.3 Å². The van der Waals surface area contributed by atoms with E-state index in [1.807, 2.05) is 53.1 Å². The fourth-order valence-corrected chi connectivity index (χ4v) is 4.19. The first-order valence-electron chi connectivity index (χ1n) is 10.3. The largest absolute Gasteiger partial charge is 0.463 e. The Hall–Kier alpha value is -2.99. The first-order valence-corrected chi connectivity index (χ1v) is 10.3. The molecular weight excluding hydrogens is 364 g/mol. The molecule has 0 aliphatic carbocycles. The quantitative estimate of drug-likeness (QED) is 0.487. The van der Waals surface area contributed by atoms with Gasteiger partial charge in [-0.3, -0.25) is 9.69 Å². The summed E-state index contributed by atoms with van der Waals surface area (Å²) in [5.74, 6) is -0.236. The van der Waals surface area contributed by atoms with Gasteiger partial charge in [0.05, 0.1) is 16.6 Å². The van der Waals surface area contributed by atoms with E-state index in [9.17, 15) is 4.79 Å². The molecule has 29 heavy (non-hydrogen) atoms. The SMILES string of the molecule is O=C(Cn1c2ccccc2c2nc3ccccc3nc21)OCCN1CCCCC1. The number of aromatic nitrogens is 3. The van der Waals surface area contributed by atoms with E-state index in [4.69, 9.17) is 14.7 Å². The predicted molar refractivity (Wildman–Crippen MR) is 114 cm³/mol. The molecule has 1 saturated heterocycles. The minimum absolute atomic E-state index is 0.136. The zero-order valence-corrected chi connectivity index (χ0v) is 16.4. The molecular formula is C23H24N4O2. The van der Waals surface area contributed by atoms with Gasteiger partial charge in [0.25, 0.3) is 0 Å². The zero-order chi connectivity index (χ0) is 19.6. The molecule has 0 spiro atoms. The summed E-state index contributed by atoms with van der Waals surface area (Å²) in [4.78, 5) is 24.6. The van der Waals surface area contributed by atoms with Crippen LogP contribution in [0.3, 0.4) is 0 Å².